The lowest BCUT2D eigenvalue weighted by Crippen LogP contribution is -2.33. The van der Waals surface area contributed by atoms with Gasteiger partial charge in [-0.1, -0.05) is 11.6 Å². The van der Waals surface area contributed by atoms with Crippen molar-refractivity contribution in [2.24, 2.45) is 0 Å². The lowest BCUT2D eigenvalue weighted by molar-refractivity contribution is -0.118. The third kappa shape index (κ3) is 4.14. The van der Waals surface area contributed by atoms with Gasteiger partial charge in [0.15, 0.2) is 0 Å². The summed E-state index contributed by atoms with van der Waals surface area (Å²) in [6.07, 6.45) is 0. The van der Waals surface area contributed by atoms with Crippen LogP contribution in [0.25, 0.3) is 0 Å². The highest BCUT2D eigenvalue weighted by Crippen LogP contribution is 2.13. The zero-order valence-corrected chi connectivity index (χ0v) is 10.0. The van der Waals surface area contributed by atoms with Gasteiger partial charge in [-0.25, -0.2) is 0 Å². The molecule has 17 heavy (non-hydrogen) atoms. The van der Waals surface area contributed by atoms with Crippen molar-refractivity contribution in [2.75, 3.05) is 18.8 Å². The van der Waals surface area contributed by atoms with Crippen LogP contribution in [0.15, 0.2) is 18.2 Å². The largest absolute Gasteiger partial charge is 0.398 e. The Labute approximate surface area is 100 Å². The number of carbonyl (C=O) groups excluding carboxylic acids is 2. The number of anilines is 1. The van der Waals surface area contributed by atoms with Gasteiger partial charge in [-0.15, -0.1) is 0 Å². The predicted molar refractivity (Wildman–Crippen MR) is 66.6 cm³/mol. The first-order valence-electron chi connectivity index (χ1n) is 5.39. The monoisotopic (exact) mass is 235 g/mol. The molecule has 92 valence electrons. The molecule has 1 rings (SSSR count). The Morgan fingerprint density at radius 1 is 1.24 bits per heavy atom. The molecule has 0 radical (unpaired) electrons. The Balaban J connectivity index is 2.52. The number of nitrogens with one attached hydrogen (secondary N) is 2. The number of hydrogen-bond acceptors (Lipinski definition) is 3. The fraction of sp³-hybridized carbons (Fsp3) is 0.333. The lowest BCUT2D eigenvalue weighted by Gasteiger charge is -2.08. The second-order valence-electron chi connectivity index (χ2n) is 3.83. The van der Waals surface area contributed by atoms with Crippen LogP contribution in [0.1, 0.15) is 22.8 Å². The molecule has 0 bridgehead atoms. The molecule has 5 heteroatoms. The molecule has 0 heterocycles. The van der Waals surface area contributed by atoms with Gasteiger partial charge in [0.05, 0.1) is 5.56 Å². The molecule has 0 aliphatic rings. The SMILES string of the molecule is CC(=O)NCCNC(=O)c1cc(C)ccc1N. The molecule has 0 saturated heterocycles. The van der Waals surface area contributed by atoms with Gasteiger partial charge < -0.3 is 16.4 Å². The Kier molecular flexibility index (Phi) is 4.51. The van der Waals surface area contributed by atoms with Crippen molar-refractivity contribution in [3.05, 3.63) is 29.3 Å². The van der Waals surface area contributed by atoms with E-state index >= 15 is 0 Å². The van der Waals surface area contributed by atoms with Crippen LogP contribution in [0.3, 0.4) is 0 Å². The predicted octanol–water partition coefficient (Wildman–Crippen LogP) is 0.443. The normalized spacial score (nSPS) is 9.76. The Hall–Kier alpha value is -2.04. The number of nitrogens with two attached hydrogens (primary N) is 1. The molecule has 4 N–H and O–H groups in total. The minimum atomic E-state index is -0.225. The molecule has 1 aromatic carbocycles. The molecule has 5 nitrogen and oxygen atoms in total. The summed E-state index contributed by atoms with van der Waals surface area (Å²) in [5.74, 6) is -0.342. The fourth-order valence-corrected chi connectivity index (χ4v) is 1.38. The Morgan fingerprint density at radius 3 is 2.53 bits per heavy atom. The number of nitrogen functional groups attached to an aromatic ring is 1. The van der Waals surface area contributed by atoms with Crippen molar-refractivity contribution < 1.29 is 9.59 Å². The summed E-state index contributed by atoms with van der Waals surface area (Å²) >= 11 is 0. The first-order chi connectivity index (χ1) is 8.00. The van der Waals surface area contributed by atoms with Crippen molar-refractivity contribution in [1.29, 1.82) is 0 Å². The highest BCUT2D eigenvalue weighted by molar-refractivity contribution is 5.99. The molecule has 0 atom stereocenters. The zero-order chi connectivity index (χ0) is 12.8. The second kappa shape index (κ2) is 5.89. The number of hydrogen-bond donors (Lipinski definition) is 3. The summed E-state index contributed by atoms with van der Waals surface area (Å²) in [6, 6.07) is 5.30. The maximum Gasteiger partial charge on any atom is 0.253 e. The van der Waals surface area contributed by atoms with Crippen molar-refractivity contribution in [3.8, 4) is 0 Å². The second-order valence-corrected chi connectivity index (χ2v) is 3.83. The third-order valence-corrected chi connectivity index (χ3v) is 2.24. The van der Waals surface area contributed by atoms with Gasteiger partial charge in [0.25, 0.3) is 5.91 Å². The minimum Gasteiger partial charge on any atom is -0.398 e. The molecule has 0 unspecified atom stereocenters. The summed E-state index contributed by atoms with van der Waals surface area (Å²) < 4.78 is 0. The fourth-order valence-electron chi connectivity index (χ4n) is 1.38. The van der Waals surface area contributed by atoms with E-state index in [2.05, 4.69) is 10.6 Å². The van der Waals surface area contributed by atoms with Crippen LogP contribution in [0.4, 0.5) is 5.69 Å². The first kappa shape index (κ1) is 13.0. The quantitative estimate of drug-likeness (QED) is 0.523. The van der Waals surface area contributed by atoms with E-state index in [9.17, 15) is 9.59 Å². The first-order valence-corrected chi connectivity index (χ1v) is 5.39. The average molecular weight is 235 g/mol. The number of benzene rings is 1. The smallest absolute Gasteiger partial charge is 0.253 e. The summed E-state index contributed by atoms with van der Waals surface area (Å²) in [6.45, 7) is 4.12. The molecular formula is C12H17N3O2. The molecule has 0 spiro atoms. The van der Waals surface area contributed by atoms with Crippen LogP contribution in [0.5, 0.6) is 0 Å². The van der Waals surface area contributed by atoms with Crippen LogP contribution in [-0.2, 0) is 4.79 Å². The van der Waals surface area contributed by atoms with Crippen LogP contribution >= 0.6 is 0 Å². The van der Waals surface area contributed by atoms with Crippen molar-refractivity contribution >= 4 is 17.5 Å². The summed E-state index contributed by atoms with van der Waals surface area (Å²) in [7, 11) is 0. The Bertz CT molecular complexity index is 430. The van der Waals surface area contributed by atoms with E-state index in [1.165, 1.54) is 6.92 Å². The van der Waals surface area contributed by atoms with E-state index in [1.54, 1.807) is 12.1 Å². The standard InChI is InChI=1S/C12H17N3O2/c1-8-3-4-11(13)10(7-8)12(17)15-6-5-14-9(2)16/h3-4,7H,5-6,13H2,1-2H3,(H,14,16)(H,15,17). The molecule has 0 saturated carbocycles. The van der Waals surface area contributed by atoms with E-state index in [-0.39, 0.29) is 11.8 Å². The van der Waals surface area contributed by atoms with Gasteiger partial charge >= 0.3 is 0 Å². The Morgan fingerprint density at radius 2 is 1.88 bits per heavy atom. The summed E-state index contributed by atoms with van der Waals surface area (Å²) in [5.41, 5.74) is 7.61. The summed E-state index contributed by atoms with van der Waals surface area (Å²) in [5, 5.41) is 5.28. The van der Waals surface area contributed by atoms with Crippen molar-refractivity contribution in [1.82, 2.24) is 10.6 Å². The van der Waals surface area contributed by atoms with E-state index in [0.717, 1.165) is 5.56 Å². The molecule has 0 aliphatic carbocycles. The highest BCUT2D eigenvalue weighted by Gasteiger charge is 2.08. The molecular weight excluding hydrogens is 218 g/mol. The molecule has 0 fully saturated rings. The number of aryl methyl sites for hydroxylation is 1. The van der Waals surface area contributed by atoms with Crippen LogP contribution in [-0.4, -0.2) is 24.9 Å². The molecule has 0 aromatic heterocycles. The lowest BCUT2D eigenvalue weighted by atomic mass is 10.1. The van der Waals surface area contributed by atoms with Crippen molar-refractivity contribution in [2.45, 2.75) is 13.8 Å². The minimum absolute atomic E-state index is 0.116. The van der Waals surface area contributed by atoms with E-state index < -0.39 is 0 Å². The van der Waals surface area contributed by atoms with Crippen molar-refractivity contribution in [3.63, 3.8) is 0 Å². The molecule has 2 amide bonds. The van der Waals surface area contributed by atoms with E-state index in [4.69, 9.17) is 5.73 Å². The topological polar surface area (TPSA) is 84.2 Å². The summed E-state index contributed by atoms with van der Waals surface area (Å²) in [4.78, 5) is 22.4. The van der Waals surface area contributed by atoms with Gasteiger partial charge in [0.1, 0.15) is 0 Å². The maximum absolute atomic E-state index is 11.8. The van der Waals surface area contributed by atoms with Gasteiger partial charge in [-0.2, -0.15) is 0 Å². The highest BCUT2D eigenvalue weighted by atomic mass is 16.2. The van der Waals surface area contributed by atoms with E-state index in [0.29, 0.717) is 24.3 Å². The van der Waals surface area contributed by atoms with Gasteiger partial charge in [0.2, 0.25) is 5.91 Å². The number of rotatable bonds is 4. The third-order valence-electron chi connectivity index (χ3n) is 2.24. The van der Waals surface area contributed by atoms with Gasteiger partial charge in [-0.05, 0) is 19.1 Å². The van der Waals surface area contributed by atoms with Crippen LogP contribution in [0, 0.1) is 6.92 Å². The average Bonchev–Trinajstić information content (AvgIpc) is 2.27. The van der Waals surface area contributed by atoms with Gasteiger partial charge in [-0.3, -0.25) is 9.59 Å². The van der Waals surface area contributed by atoms with E-state index in [1.807, 2.05) is 13.0 Å². The maximum atomic E-state index is 11.8. The zero-order valence-electron chi connectivity index (χ0n) is 10.0. The van der Waals surface area contributed by atoms with Crippen LogP contribution in [0.2, 0.25) is 0 Å². The molecule has 1 aromatic rings. The number of carbonyl (C=O) groups is 2. The molecule has 0 aliphatic heterocycles. The van der Waals surface area contributed by atoms with Gasteiger partial charge in [0, 0.05) is 25.7 Å². The number of amides is 2. The van der Waals surface area contributed by atoms with Crippen LogP contribution < -0.4 is 16.4 Å².